The predicted octanol–water partition coefficient (Wildman–Crippen LogP) is 3.88. The molecule has 2 unspecified atom stereocenters. The van der Waals surface area contributed by atoms with Gasteiger partial charge in [0.05, 0.1) is 23.9 Å². The summed E-state index contributed by atoms with van der Waals surface area (Å²) < 4.78 is 20.0. The van der Waals surface area contributed by atoms with Crippen molar-refractivity contribution in [3.8, 4) is 0 Å². The average molecular weight is 513 g/mol. The molecule has 0 fully saturated rings. The third-order valence-electron chi connectivity index (χ3n) is 6.26. The van der Waals surface area contributed by atoms with Gasteiger partial charge in [0.1, 0.15) is 13.3 Å². The molecule has 0 aliphatic heterocycles. The summed E-state index contributed by atoms with van der Waals surface area (Å²) in [6.07, 6.45) is 0.376. The van der Waals surface area contributed by atoms with Crippen LogP contribution < -0.4 is 5.73 Å². The summed E-state index contributed by atoms with van der Waals surface area (Å²) in [5.41, 5.74) is 7.48. The van der Waals surface area contributed by atoms with Crippen LogP contribution in [0.4, 0.5) is 4.39 Å². The van der Waals surface area contributed by atoms with Crippen molar-refractivity contribution in [1.82, 2.24) is 4.90 Å². The van der Waals surface area contributed by atoms with Crippen molar-refractivity contribution in [3.63, 3.8) is 0 Å². The first-order valence-electron chi connectivity index (χ1n) is 12.5. The minimum Gasteiger partial charge on any atom is -0.461 e. The number of rotatable bonds is 13. The zero-order valence-electron chi connectivity index (χ0n) is 21.9. The number of nitrogens with zero attached hydrogens (tertiary/aromatic N) is 1. The molecule has 8 heteroatoms. The number of benzene rings is 2. The highest BCUT2D eigenvalue weighted by Crippen LogP contribution is 2.25. The van der Waals surface area contributed by atoms with Gasteiger partial charge >= 0.3 is 5.97 Å². The van der Waals surface area contributed by atoms with Gasteiger partial charge in [0.2, 0.25) is 11.8 Å². The lowest BCUT2D eigenvalue weighted by Crippen LogP contribution is -2.55. The van der Waals surface area contributed by atoms with Gasteiger partial charge in [-0.25, -0.2) is 0 Å². The Hall–Kier alpha value is -3.39. The maximum absolute atomic E-state index is 14.5. The Morgan fingerprint density at radius 3 is 1.92 bits per heavy atom. The summed E-state index contributed by atoms with van der Waals surface area (Å²) in [6, 6.07) is 15.6. The number of Topliss-reactive ketones (excluding diaryl/α,β-unsaturated/α-hetero) is 1. The van der Waals surface area contributed by atoms with Gasteiger partial charge in [0, 0.05) is 6.92 Å². The number of ether oxygens (including phenoxy) is 1. The standard InChI is InChI=1S/C29H37FN2O5/c1-19(2)15-26(31)28(35)32(21(4)33)20(3)27(34)25(17-30)24(16-22-11-7-5-8-12-22)29(36)37-18-23-13-9-6-10-14-23/h5-14,19-20,24-26H,15-18,31H2,1-4H3/t20-,24?,25?,26-/m0/s1. The van der Waals surface area contributed by atoms with Gasteiger partial charge < -0.3 is 10.5 Å². The molecule has 0 aliphatic carbocycles. The molecule has 2 N–H and O–H groups in total. The normalized spacial score (nSPS) is 14.4. The Bertz CT molecular complexity index is 1040. The molecule has 37 heavy (non-hydrogen) atoms. The topological polar surface area (TPSA) is 107 Å². The molecule has 4 atom stereocenters. The van der Waals surface area contributed by atoms with E-state index in [2.05, 4.69) is 0 Å². The summed E-state index contributed by atoms with van der Waals surface area (Å²) in [6.45, 7) is 5.10. The van der Waals surface area contributed by atoms with Gasteiger partial charge in [-0.2, -0.15) is 0 Å². The van der Waals surface area contributed by atoms with Crippen LogP contribution in [0.2, 0.25) is 0 Å². The van der Waals surface area contributed by atoms with Crippen LogP contribution in [0.15, 0.2) is 60.7 Å². The predicted molar refractivity (Wildman–Crippen MR) is 139 cm³/mol. The highest BCUT2D eigenvalue weighted by atomic mass is 19.1. The van der Waals surface area contributed by atoms with E-state index in [-0.39, 0.29) is 18.9 Å². The van der Waals surface area contributed by atoms with Gasteiger partial charge in [-0.1, -0.05) is 74.5 Å². The number of ketones is 1. The molecule has 0 bridgehead atoms. The molecule has 2 rings (SSSR count). The number of hydrogen-bond donors (Lipinski definition) is 1. The quantitative estimate of drug-likeness (QED) is 0.408. The van der Waals surface area contributed by atoms with E-state index in [9.17, 15) is 23.6 Å². The molecule has 0 aromatic heterocycles. The minimum absolute atomic E-state index is 0.0319. The second kappa shape index (κ2) is 14.4. The molecule has 0 radical (unpaired) electrons. The molecule has 0 heterocycles. The maximum atomic E-state index is 14.5. The van der Waals surface area contributed by atoms with Crippen molar-refractivity contribution in [2.75, 3.05) is 6.67 Å². The van der Waals surface area contributed by atoms with Gasteiger partial charge in [-0.15, -0.1) is 0 Å². The summed E-state index contributed by atoms with van der Waals surface area (Å²) in [7, 11) is 0. The number of amides is 2. The van der Waals surface area contributed by atoms with E-state index < -0.39 is 54.2 Å². The average Bonchev–Trinajstić information content (AvgIpc) is 2.87. The Balaban J connectivity index is 2.32. The second-order valence-corrected chi connectivity index (χ2v) is 9.69. The lowest BCUT2D eigenvalue weighted by atomic mass is 9.82. The van der Waals surface area contributed by atoms with Gasteiger partial charge in [0.25, 0.3) is 0 Å². The van der Waals surface area contributed by atoms with E-state index in [0.717, 1.165) is 23.0 Å². The SMILES string of the molecule is CC(=O)N(C(=O)[C@@H](N)CC(C)C)[C@@H](C)C(=O)C(CF)C(Cc1ccccc1)C(=O)OCc1ccccc1. The Labute approximate surface area is 218 Å². The summed E-state index contributed by atoms with van der Waals surface area (Å²) in [5.74, 6) is -5.32. The van der Waals surface area contributed by atoms with Crippen LogP contribution in [-0.2, 0) is 36.9 Å². The molecule has 2 aromatic rings. The van der Waals surface area contributed by atoms with Crippen molar-refractivity contribution >= 4 is 23.6 Å². The Morgan fingerprint density at radius 1 is 0.892 bits per heavy atom. The van der Waals surface area contributed by atoms with Crippen molar-refractivity contribution < 1.29 is 28.3 Å². The second-order valence-electron chi connectivity index (χ2n) is 9.69. The molecule has 0 spiro atoms. The molecular weight excluding hydrogens is 475 g/mol. The Kier molecular flexibility index (Phi) is 11.6. The van der Waals surface area contributed by atoms with Gasteiger partial charge in [0.15, 0.2) is 5.78 Å². The van der Waals surface area contributed by atoms with Crippen LogP contribution in [0.25, 0.3) is 0 Å². The fourth-order valence-corrected chi connectivity index (χ4v) is 4.32. The number of carbonyl (C=O) groups is 4. The summed E-state index contributed by atoms with van der Waals surface area (Å²) >= 11 is 0. The lowest BCUT2D eigenvalue weighted by molar-refractivity contribution is -0.157. The van der Waals surface area contributed by atoms with E-state index in [1.165, 1.54) is 6.92 Å². The number of carbonyl (C=O) groups excluding carboxylic acids is 4. The highest BCUT2D eigenvalue weighted by molar-refractivity contribution is 6.03. The number of halogens is 1. The van der Waals surface area contributed by atoms with Crippen LogP contribution in [-0.4, -0.2) is 47.2 Å². The fourth-order valence-electron chi connectivity index (χ4n) is 4.32. The van der Waals surface area contributed by atoms with Crippen LogP contribution in [0.5, 0.6) is 0 Å². The van der Waals surface area contributed by atoms with Crippen molar-refractivity contribution in [2.24, 2.45) is 23.5 Å². The van der Waals surface area contributed by atoms with E-state index in [0.29, 0.717) is 6.42 Å². The van der Waals surface area contributed by atoms with Crippen LogP contribution in [0.3, 0.4) is 0 Å². The molecular formula is C29H37FN2O5. The van der Waals surface area contributed by atoms with E-state index in [4.69, 9.17) is 10.5 Å². The Morgan fingerprint density at radius 2 is 1.43 bits per heavy atom. The van der Waals surface area contributed by atoms with Crippen LogP contribution >= 0.6 is 0 Å². The molecule has 7 nitrogen and oxygen atoms in total. The van der Waals surface area contributed by atoms with Crippen molar-refractivity contribution in [2.45, 2.75) is 59.2 Å². The molecule has 0 saturated heterocycles. The monoisotopic (exact) mass is 512 g/mol. The van der Waals surface area contributed by atoms with Gasteiger partial charge in [-0.05, 0) is 36.8 Å². The van der Waals surface area contributed by atoms with Gasteiger partial charge in [-0.3, -0.25) is 28.5 Å². The lowest BCUT2D eigenvalue weighted by Gasteiger charge is -2.32. The highest BCUT2D eigenvalue weighted by Gasteiger charge is 2.41. The van der Waals surface area contributed by atoms with Crippen LogP contribution in [0, 0.1) is 17.8 Å². The van der Waals surface area contributed by atoms with Crippen molar-refractivity contribution in [1.29, 1.82) is 0 Å². The van der Waals surface area contributed by atoms with E-state index in [1.54, 1.807) is 48.5 Å². The summed E-state index contributed by atoms with van der Waals surface area (Å²) in [5, 5.41) is 0. The van der Waals surface area contributed by atoms with E-state index in [1.807, 2.05) is 26.0 Å². The molecule has 200 valence electrons. The zero-order valence-corrected chi connectivity index (χ0v) is 21.9. The maximum Gasteiger partial charge on any atom is 0.310 e. The molecule has 0 aliphatic rings. The number of alkyl halides is 1. The minimum atomic E-state index is -1.42. The molecule has 0 saturated carbocycles. The first-order valence-corrected chi connectivity index (χ1v) is 12.5. The van der Waals surface area contributed by atoms with Crippen LogP contribution in [0.1, 0.15) is 45.2 Å². The number of nitrogens with two attached hydrogens (primary N) is 1. The largest absolute Gasteiger partial charge is 0.461 e. The fraction of sp³-hybridized carbons (Fsp3) is 0.448. The molecule has 2 amide bonds. The number of hydrogen-bond acceptors (Lipinski definition) is 6. The first-order chi connectivity index (χ1) is 17.6. The summed E-state index contributed by atoms with van der Waals surface area (Å²) in [4.78, 5) is 52.9. The zero-order chi connectivity index (χ0) is 27.5. The number of esters is 1. The third-order valence-corrected chi connectivity index (χ3v) is 6.26. The van der Waals surface area contributed by atoms with E-state index >= 15 is 0 Å². The molecule has 2 aromatic carbocycles. The smallest absolute Gasteiger partial charge is 0.310 e. The third kappa shape index (κ3) is 8.60. The number of imide groups is 1. The van der Waals surface area contributed by atoms with Crippen molar-refractivity contribution in [3.05, 3.63) is 71.8 Å². The first kappa shape index (κ1) is 29.8.